The minimum absolute atomic E-state index is 0.341. The van der Waals surface area contributed by atoms with Crippen LogP contribution in [0, 0.1) is 12.3 Å². The van der Waals surface area contributed by atoms with Gasteiger partial charge in [0.25, 0.3) is 0 Å². The minimum Gasteiger partial charge on any atom is -0.315 e. The van der Waals surface area contributed by atoms with E-state index in [1.807, 2.05) is 16.7 Å². The number of nitrogens with zero attached hydrogens (tertiary/aromatic N) is 2. The molecule has 1 aromatic heterocycles. The van der Waals surface area contributed by atoms with Crippen molar-refractivity contribution in [3.63, 3.8) is 0 Å². The Hall–Kier alpha value is -1.17. The number of alkyl halides is 1. The number of hydrogen-bond acceptors (Lipinski definition) is 1. The van der Waals surface area contributed by atoms with Crippen LogP contribution in [0.2, 0.25) is 5.02 Å². The van der Waals surface area contributed by atoms with Gasteiger partial charge < -0.3 is 4.57 Å². The van der Waals surface area contributed by atoms with Crippen molar-refractivity contribution < 1.29 is 0 Å². The monoisotopic (exact) mass is 238 g/mol. The van der Waals surface area contributed by atoms with Gasteiger partial charge in [-0.2, -0.15) is 0 Å². The molecule has 0 fully saturated rings. The predicted octanol–water partition coefficient (Wildman–Crippen LogP) is 3.06. The van der Waals surface area contributed by atoms with Gasteiger partial charge in [0.15, 0.2) is 0 Å². The molecule has 0 saturated heterocycles. The first-order chi connectivity index (χ1) is 7.26. The van der Waals surface area contributed by atoms with E-state index in [9.17, 15) is 0 Å². The zero-order valence-electron chi connectivity index (χ0n) is 7.87. The first-order valence-corrected chi connectivity index (χ1v) is 5.31. The molecule has 0 spiro atoms. The molecule has 2 nitrogen and oxygen atoms in total. The summed E-state index contributed by atoms with van der Waals surface area (Å²) in [6.07, 6.45) is 5.30. The van der Waals surface area contributed by atoms with Crippen LogP contribution in [-0.2, 0) is 12.4 Å². The van der Waals surface area contributed by atoms with Gasteiger partial charge in [-0.3, -0.25) is 0 Å². The lowest BCUT2D eigenvalue weighted by atomic mass is 10.3. The van der Waals surface area contributed by atoms with Gasteiger partial charge in [0, 0.05) is 5.02 Å². The quantitative estimate of drug-likeness (QED) is 0.581. The van der Waals surface area contributed by atoms with Gasteiger partial charge in [-0.05, 0) is 18.2 Å². The van der Waals surface area contributed by atoms with Crippen LogP contribution in [0.3, 0.4) is 0 Å². The number of hydrogen-bond donors (Lipinski definition) is 0. The van der Waals surface area contributed by atoms with Crippen molar-refractivity contribution in [3.8, 4) is 12.3 Å². The van der Waals surface area contributed by atoms with E-state index in [0.29, 0.717) is 17.4 Å². The van der Waals surface area contributed by atoms with Crippen molar-refractivity contribution in [2.24, 2.45) is 0 Å². The van der Waals surface area contributed by atoms with E-state index in [1.165, 1.54) is 0 Å². The van der Waals surface area contributed by atoms with Crippen molar-refractivity contribution in [1.29, 1.82) is 0 Å². The highest BCUT2D eigenvalue weighted by molar-refractivity contribution is 6.31. The van der Waals surface area contributed by atoms with E-state index in [-0.39, 0.29) is 0 Å². The Balaban J connectivity index is 2.70. The molecule has 0 amide bonds. The van der Waals surface area contributed by atoms with E-state index in [4.69, 9.17) is 29.6 Å². The molecule has 0 aliphatic rings. The highest BCUT2D eigenvalue weighted by atomic mass is 35.5. The smallest absolute Gasteiger partial charge is 0.125 e. The van der Waals surface area contributed by atoms with Gasteiger partial charge in [-0.25, -0.2) is 4.98 Å². The molecule has 0 atom stereocenters. The number of terminal acetylenes is 1. The van der Waals surface area contributed by atoms with Crippen molar-refractivity contribution in [1.82, 2.24) is 9.55 Å². The molecular weight excluding hydrogens is 231 g/mol. The maximum absolute atomic E-state index is 5.88. The number of fused-ring (bicyclic) bond motifs is 1. The van der Waals surface area contributed by atoms with Crippen LogP contribution in [-0.4, -0.2) is 9.55 Å². The summed E-state index contributed by atoms with van der Waals surface area (Å²) in [7, 11) is 0. The lowest BCUT2D eigenvalue weighted by Gasteiger charge is -2.01. The number of imidazole rings is 1. The standard InChI is InChI=1S/C11H8Cl2N2/c1-2-5-15-10-4-3-8(13)6-9(10)14-11(15)7-12/h1,3-4,6H,5,7H2. The van der Waals surface area contributed by atoms with E-state index in [2.05, 4.69) is 10.9 Å². The Labute approximate surface area is 97.8 Å². The van der Waals surface area contributed by atoms with E-state index in [0.717, 1.165) is 16.9 Å². The molecule has 0 aliphatic carbocycles. The Bertz CT molecular complexity index is 537. The summed E-state index contributed by atoms with van der Waals surface area (Å²) in [5.74, 6) is 3.69. The van der Waals surface area contributed by atoms with Gasteiger partial charge in [-0.15, -0.1) is 18.0 Å². The number of aromatic nitrogens is 2. The lowest BCUT2D eigenvalue weighted by molar-refractivity contribution is 0.815. The van der Waals surface area contributed by atoms with Crippen LogP contribution < -0.4 is 0 Å². The number of halogens is 2. The second-order valence-electron chi connectivity index (χ2n) is 3.08. The number of rotatable bonds is 2. The van der Waals surface area contributed by atoms with Crippen LogP contribution in [0.1, 0.15) is 5.82 Å². The fraction of sp³-hybridized carbons (Fsp3) is 0.182. The third-order valence-corrected chi connectivity index (χ3v) is 2.63. The first kappa shape index (κ1) is 10.4. The Morgan fingerprint density at radius 2 is 2.27 bits per heavy atom. The van der Waals surface area contributed by atoms with Crippen molar-refractivity contribution in [3.05, 3.63) is 29.0 Å². The molecule has 76 valence electrons. The summed E-state index contributed by atoms with van der Waals surface area (Å²) in [6, 6.07) is 5.52. The van der Waals surface area contributed by atoms with Crippen LogP contribution in [0.5, 0.6) is 0 Å². The topological polar surface area (TPSA) is 17.8 Å². The molecule has 0 N–H and O–H groups in total. The van der Waals surface area contributed by atoms with Gasteiger partial charge in [-0.1, -0.05) is 17.5 Å². The third kappa shape index (κ3) is 1.81. The van der Waals surface area contributed by atoms with Crippen LogP contribution in [0.4, 0.5) is 0 Å². The second kappa shape index (κ2) is 4.14. The third-order valence-electron chi connectivity index (χ3n) is 2.16. The zero-order valence-corrected chi connectivity index (χ0v) is 9.39. The molecular formula is C11H8Cl2N2. The predicted molar refractivity (Wildman–Crippen MR) is 63.1 cm³/mol. The highest BCUT2D eigenvalue weighted by Crippen LogP contribution is 2.21. The maximum atomic E-state index is 5.88. The summed E-state index contributed by atoms with van der Waals surface area (Å²) < 4.78 is 1.92. The largest absolute Gasteiger partial charge is 0.315 e. The van der Waals surface area contributed by atoms with Crippen molar-refractivity contribution in [2.75, 3.05) is 0 Å². The number of benzene rings is 1. The molecule has 0 unspecified atom stereocenters. The average Bonchev–Trinajstić information content (AvgIpc) is 2.56. The molecule has 0 radical (unpaired) electrons. The molecule has 1 aromatic carbocycles. The summed E-state index contributed by atoms with van der Waals surface area (Å²) in [5, 5.41) is 0.661. The molecule has 1 heterocycles. The van der Waals surface area contributed by atoms with Crippen LogP contribution in [0.25, 0.3) is 11.0 Å². The van der Waals surface area contributed by atoms with E-state index < -0.39 is 0 Å². The Morgan fingerprint density at radius 1 is 1.47 bits per heavy atom. The van der Waals surface area contributed by atoms with Gasteiger partial charge in [0.2, 0.25) is 0 Å². The zero-order chi connectivity index (χ0) is 10.8. The molecule has 0 bridgehead atoms. The molecule has 0 saturated carbocycles. The first-order valence-electron chi connectivity index (χ1n) is 4.40. The molecule has 2 aromatic rings. The van der Waals surface area contributed by atoms with Crippen LogP contribution in [0.15, 0.2) is 18.2 Å². The van der Waals surface area contributed by atoms with Gasteiger partial charge in [0.1, 0.15) is 5.82 Å². The fourth-order valence-electron chi connectivity index (χ4n) is 1.52. The summed E-state index contributed by atoms with van der Waals surface area (Å²) >= 11 is 11.7. The summed E-state index contributed by atoms with van der Waals surface area (Å²) in [5.41, 5.74) is 1.79. The Kier molecular flexibility index (Phi) is 2.86. The SMILES string of the molecule is C#CCn1c(CCl)nc2cc(Cl)ccc21. The molecule has 2 rings (SSSR count). The lowest BCUT2D eigenvalue weighted by Crippen LogP contribution is -2.00. The van der Waals surface area contributed by atoms with Crippen molar-refractivity contribution in [2.45, 2.75) is 12.4 Å². The minimum atomic E-state index is 0.341. The highest BCUT2D eigenvalue weighted by Gasteiger charge is 2.08. The molecule has 4 heteroatoms. The summed E-state index contributed by atoms with van der Waals surface area (Å²) in [6.45, 7) is 0.472. The van der Waals surface area contributed by atoms with Gasteiger partial charge >= 0.3 is 0 Å². The van der Waals surface area contributed by atoms with Crippen LogP contribution >= 0.6 is 23.2 Å². The van der Waals surface area contributed by atoms with Gasteiger partial charge in [0.05, 0.1) is 23.5 Å². The summed E-state index contributed by atoms with van der Waals surface area (Å²) in [4.78, 5) is 4.36. The van der Waals surface area contributed by atoms with E-state index >= 15 is 0 Å². The Morgan fingerprint density at radius 3 is 2.93 bits per heavy atom. The molecule has 0 aliphatic heterocycles. The maximum Gasteiger partial charge on any atom is 0.125 e. The fourth-order valence-corrected chi connectivity index (χ4v) is 1.89. The van der Waals surface area contributed by atoms with E-state index in [1.54, 1.807) is 6.07 Å². The normalized spacial score (nSPS) is 10.5. The van der Waals surface area contributed by atoms with Crippen molar-refractivity contribution >= 4 is 34.2 Å². The average molecular weight is 239 g/mol. The second-order valence-corrected chi connectivity index (χ2v) is 3.79. The molecule has 15 heavy (non-hydrogen) atoms.